The van der Waals surface area contributed by atoms with E-state index < -0.39 is 10.4 Å². The summed E-state index contributed by atoms with van der Waals surface area (Å²) < 4.78 is 4.51. The summed E-state index contributed by atoms with van der Waals surface area (Å²) in [6, 6.07) is 10.5. The molecule has 27 heavy (non-hydrogen) atoms. The van der Waals surface area contributed by atoms with Gasteiger partial charge < -0.3 is 20.4 Å². The molecule has 0 saturated heterocycles. The van der Waals surface area contributed by atoms with Gasteiger partial charge in [0.1, 0.15) is 10.1 Å². The average molecular weight is 428 g/mol. The van der Waals surface area contributed by atoms with Crippen LogP contribution in [0.15, 0.2) is 52.0 Å². The van der Waals surface area contributed by atoms with Gasteiger partial charge in [-0.3, -0.25) is 4.79 Å². The van der Waals surface area contributed by atoms with Gasteiger partial charge >= 0.3 is 6.03 Å². The highest BCUT2D eigenvalue weighted by Gasteiger charge is 2.51. The maximum absolute atomic E-state index is 12.1. The minimum absolute atomic E-state index is 0.134. The van der Waals surface area contributed by atoms with Gasteiger partial charge in [0.15, 0.2) is 0 Å². The lowest BCUT2D eigenvalue weighted by molar-refractivity contribution is -0.120. The van der Waals surface area contributed by atoms with E-state index in [1.807, 2.05) is 18.2 Å². The first-order chi connectivity index (χ1) is 12.9. The first-order valence-electron chi connectivity index (χ1n) is 8.37. The summed E-state index contributed by atoms with van der Waals surface area (Å²) in [5.74, 6) is 1.37. The number of thioether (sulfide) groups is 1. The maximum Gasteiger partial charge on any atom is 0.319 e. The molecular weight excluding hydrogens is 409 g/mol. The number of hydrogen-bond donors (Lipinski definition) is 3. The van der Waals surface area contributed by atoms with Crippen molar-refractivity contribution in [1.82, 2.24) is 10.6 Å². The standard InChI is InChI=1S/C18H19Cl2N3O3S/c19-18(20)8-12(18)11-27-15-6-2-1-5-14(15)23-17(25)22-10-16(24)21-9-13-4-3-7-26-13/h1-7,12H,8-11H2,(H,21,24)(H2,22,23,25). The largest absolute Gasteiger partial charge is 0.467 e. The van der Waals surface area contributed by atoms with E-state index in [9.17, 15) is 9.59 Å². The fourth-order valence-corrected chi connectivity index (χ4v) is 4.27. The van der Waals surface area contributed by atoms with Crippen molar-refractivity contribution in [2.75, 3.05) is 17.6 Å². The fraction of sp³-hybridized carbons (Fsp3) is 0.333. The molecule has 9 heteroatoms. The first kappa shape index (κ1) is 19.9. The molecule has 1 aliphatic carbocycles. The number of para-hydroxylation sites is 1. The zero-order chi connectivity index (χ0) is 19.3. The zero-order valence-corrected chi connectivity index (χ0v) is 16.7. The highest BCUT2D eigenvalue weighted by molar-refractivity contribution is 7.99. The Morgan fingerprint density at radius 1 is 1.19 bits per heavy atom. The van der Waals surface area contributed by atoms with Crippen molar-refractivity contribution in [2.24, 2.45) is 5.92 Å². The summed E-state index contributed by atoms with van der Waals surface area (Å²) in [6.45, 7) is 0.142. The van der Waals surface area contributed by atoms with Crippen LogP contribution in [-0.4, -0.2) is 28.6 Å². The molecule has 6 nitrogen and oxygen atoms in total. The summed E-state index contributed by atoms with van der Waals surface area (Å²) >= 11 is 13.7. The Labute approximate surface area is 171 Å². The Morgan fingerprint density at radius 2 is 1.96 bits per heavy atom. The van der Waals surface area contributed by atoms with Gasteiger partial charge in [0, 0.05) is 16.6 Å². The second kappa shape index (κ2) is 8.91. The van der Waals surface area contributed by atoms with E-state index in [1.54, 1.807) is 30.0 Å². The van der Waals surface area contributed by atoms with Crippen molar-refractivity contribution in [3.63, 3.8) is 0 Å². The Bertz CT molecular complexity index is 799. The van der Waals surface area contributed by atoms with E-state index in [2.05, 4.69) is 16.0 Å². The maximum atomic E-state index is 12.1. The van der Waals surface area contributed by atoms with Crippen LogP contribution in [-0.2, 0) is 11.3 Å². The van der Waals surface area contributed by atoms with E-state index >= 15 is 0 Å². The van der Waals surface area contributed by atoms with Gasteiger partial charge in [-0.05, 0) is 30.7 Å². The predicted molar refractivity (Wildman–Crippen MR) is 107 cm³/mol. The molecular formula is C18H19Cl2N3O3S. The third-order valence-electron chi connectivity index (χ3n) is 3.98. The van der Waals surface area contributed by atoms with Gasteiger partial charge in [0.25, 0.3) is 0 Å². The van der Waals surface area contributed by atoms with Crippen molar-refractivity contribution < 1.29 is 14.0 Å². The number of nitrogens with one attached hydrogen (secondary N) is 3. The Morgan fingerprint density at radius 3 is 2.67 bits per heavy atom. The van der Waals surface area contributed by atoms with Crippen LogP contribution in [0.1, 0.15) is 12.2 Å². The van der Waals surface area contributed by atoms with E-state index in [0.717, 1.165) is 17.1 Å². The number of anilines is 1. The van der Waals surface area contributed by atoms with Crippen molar-refractivity contribution in [2.45, 2.75) is 22.2 Å². The second-order valence-corrected chi connectivity index (χ2v) is 8.74. The minimum Gasteiger partial charge on any atom is -0.467 e. The number of furan rings is 1. The fourth-order valence-electron chi connectivity index (χ4n) is 2.33. The summed E-state index contributed by atoms with van der Waals surface area (Å²) in [5, 5.41) is 7.96. The number of urea groups is 1. The highest BCUT2D eigenvalue weighted by Crippen LogP contribution is 2.55. The van der Waals surface area contributed by atoms with E-state index in [0.29, 0.717) is 11.4 Å². The highest BCUT2D eigenvalue weighted by atomic mass is 35.5. The molecule has 1 atom stereocenters. The number of carbonyl (C=O) groups is 2. The van der Waals surface area contributed by atoms with Gasteiger partial charge in [-0.2, -0.15) is 0 Å². The van der Waals surface area contributed by atoms with Crippen LogP contribution in [0.4, 0.5) is 10.5 Å². The number of halogens is 2. The molecule has 2 aromatic rings. The van der Waals surface area contributed by atoms with Crippen molar-refractivity contribution in [3.05, 3.63) is 48.4 Å². The molecule has 144 valence electrons. The molecule has 1 aromatic heterocycles. The first-order valence-corrected chi connectivity index (χ1v) is 10.1. The van der Waals surface area contributed by atoms with Crippen LogP contribution in [0.2, 0.25) is 0 Å². The van der Waals surface area contributed by atoms with Gasteiger partial charge in [0.05, 0.1) is 25.0 Å². The molecule has 0 aliphatic heterocycles. The Hall–Kier alpha value is -1.83. The SMILES string of the molecule is O=C(CNC(=O)Nc1ccccc1SCC1CC1(Cl)Cl)NCc1ccco1. The number of alkyl halides is 2. The van der Waals surface area contributed by atoms with Crippen LogP contribution in [0.25, 0.3) is 0 Å². The molecule has 0 radical (unpaired) electrons. The third kappa shape index (κ3) is 6.09. The number of hydrogen-bond acceptors (Lipinski definition) is 4. The molecule has 1 unspecified atom stereocenters. The number of carbonyl (C=O) groups excluding carboxylic acids is 2. The monoisotopic (exact) mass is 427 g/mol. The summed E-state index contributed by atoms with van der Waals surface area (Å²) in [6.07, 6.45) is 2.32. The molecule has 1 aliphatic rings. The lowest BCUT2D eigenvalue weighted by Gasteiger charge is -2.12. The van der Waals surface area contributed by atoms with Crippen LogP contribution < -0.4 is 16.0 Å². The van der Waals surface area contributed by atoms with Gasteiger partial charge in [-0.15, -0.1) is 35.0 Å². The molecule has 0 bridgehead atoms. The van der Waals surface area contributed by atoms with Crippen molar-refractivity contribution in [3.8, 4) is 0 Å². The van der Waals surface area contributed by atoms with E-state index in [4.69, 9.17) is 27.6 Å². The Kier molecular flexibility index (Phi) is 6.57. The molecule has 1 aromatic carbocycles. The predicted octanol–water partition coefficient (Wildman–Crippen LogP) is 4.00. The quantitative estimate of drug-likeness (QED) is 0.439. The molecule has 3 N–H and O–H groups in total. The van der Waals surface area contributed by atoms with E-state index in [1.165, 1.54) is 6.26 Å². The zero-order valence-electron chi connectivity index (χ0n) is 14.3. The second-order valence-electron chi connectivity index (χ2n) is 6.13. The molecule has 1 heterocycles. The topological polar surface area (TPSA) is 83.4 Å². The lowest BCUT2D eigenvalue weighted by atomic mass is 10.3. The Balaban J connectivity index is 1.42. The summed E-state index contributed by atoms with van der Waals surface area (Å²) in [4.78, 5) is 24.8. The van der Waals surface area contributed by atoms with Crippen LogP contribution in [0.5, 0.6) is 0 Å². The van der Waals surface area contributed by atoms with Crippen LogP contribution >= 0.6 is 35.0 Å². The molecule has 0 spiro atoms. The molecule has 3 amide bonds. The van der Waals surface area contributed by atoms with Crippen LogP contribution in [0, 0.1) is 5.92 Å². The number of rotatable bonds is 8. The van der Waals surface area contributed by atoms with Crippen molar-refractivity contribution in [1.29, 1.82) is 0 Å². The van der Waals surface area contributed by atoms with Crippen molar-refractivity contribution >= 4 is 52.6 Å². The van der Waals surface area contributed by atoms with Crippen LogP contribution in [0.3, 0.4) is 0 Å². The average Bonchev–Trinajstić information content (AvgIpc) is 3.02. The third-order valence-corrected chi connectivity index (χ3v) is 6.14. The summed E-state index contributed by atoms with van der Waals surface area (Å²) in [7, 11) is 0. The minimum atomic E-state index is -0.615. The molecule has 3 rings (SSSR count). The molecule has 1 fully saturated rings. The van der Waals surface area contributed by atoms with Gasteiger partial charge in [0.2, 0.25) is 5.91 Å². The number of benzene rings is 1. The normalized spacial score (nSPS) is 17.2. The number of amides is 3. The van der Waals surface area contributed by atoms with Gasteiger partial charge in [-0.25, -0.2) is 4.79 Å². The lowest BCUT2D eigenvalue weighted by Crippen LogP contribution is -2.38. The van der Waals surface area contributed by atoms with E-state index in [-0.39, 0.29) is 24.9 Å². The molecule has 1 saturated carbocycles. The van der Waals surface area contributed by atoms with Gasteiger partial charge in [-0.1, -0.05) is 12.1 Å². The smallest absolute Gasteiger partial charge is 0.319 e. The summed E-state index contributed by atoms with van der Waals surface area (Å²) in [5.41, 5.74) is 0.673.